The number of pyridine rings is 1. The van der Waals surface area contributed by atoms with Crippen LogP contribution in [0.3, 0.4) is 0 Å². The van der Waals surface area contributed by atoms with Crippen molar-refractivity contribution in [2.75, 3.05) is 31.1 Å². The van der Waals surface area contributed by atoms with Gasteiger partial charge in [-0.15, -0.1) is 0 Å². The number of carbonyl (C=O) groups is 1. The largest absolute Gasteiger partial charge is 0.451 e. The van der Waals surface area contributed by atoms with Crippen LogP contribution in [0.25, 0.3) is 11.3 Å². The zero-order chi connectivity index (χ0) is 21.3. The van der Waals surface area contributed by atoms with Crippen LogP contribution in [0.2, 0.25) is 0 Å². The molecule has 0 atom stereocenters. The van der Waals surface area contributed by atoms with Crippen LogP contribution in [0.5, 0.6) is 0 Å². The normalized spacial score (nSPS) is 14.8. The topological polar surface area (TPSA) is 49.6 Å². The SMILES string of the molecule is O=C(c1ccc(-c2cccc(C(F)(F)F)c2)o1)N1CCN(c2ccc(Br)cn2)CC1. The quantitative estimate of drug-likeness (QED) is 0.525. The average Bonchev–Trinajstić information content (AvgIpc) is 3.24. The highest BCUT2D eigenvalue weighted by Crippen LogP contribution is 2.32. The number of furan rings is 1. The van der Waals surface area contributed by atoms with Crippen molar-refractivity contribution in [1.29, 1.82) is 0 Å². The minimum atomic E-state index is -4.44. The molecule has 1 aliphatic rings. The average molecular weight is 480 g/mol. The molecule has 9 heteroatoms. The number of amides is 1. The van der Waals surface area contributed by atoms with E-state index in [4.69, 9.17) is 4.42 Å². The lowest BCUT2D eigenvalue weighted by molar-refractivity contribution is -0.137. The number of hydrogen-bond acceptors (Lipinski definition) is 4. The Bertz CT molecular complexity index is 1040. The van der Waals surface area contributed by atoms with Gasteiger partial charge in [0, 0.05) is 42.4 Å². The molecule has 156 valence electrons. The van der Waals surface area contributed by atoms with Crippen LogP contribution in [-0.2, 0) is 6.18 Å². The molecule has 4 rings (SSSR count). The molecule has 0 N–H and O–H groups in total. The molecular formula is C21H17BrF3N3O2. The van der Waals surface area contributed by atoms with Crippen LogP contribution >= 0.6 is 15.9 Å². The van der Waals surface area contributed by atoms with E-state index >= 15 is 0 Å². The van der Waals surface area contributed by atoms with Crippen molar-refractivity contribution in [3.63, 3.8) is 0 Å². The molecular weight excluding hydrogens is 463 g/mol. The molecule has 1 amide bonds. The standard InChI is InChI=1S/C21H17BrF3N3O2/c22-16-4-7-19(26-13-16)27-8-10-28(11-9-27)20(29)18-6-5-17(30-18)14-2-1-3-15(12-14)21(23,24)25/h1-7,12-13H,8-11H2. The lowest BCUT2D eigenvalue weighted by Crippen LogP contribution is -2.49. The van der Waals surface area contributed by atoms with Gasteiger partial charge in [-0.1, -0.05) is 12.1 Å². The van der Waals surface area contributed by atoms with Crippen molar-refractivity contribution in [1.82, 2.24) is 9.88 Å². The van der Waals surface area contributed by atoms with Crippen LogP contribution in [0.4, 0.5) is 19.0 Å². The molecule has 0 bridgehead atoms. The van der Waals surface area contributed by atoms with E-state index in [0.717, 1.165) is 22.4 Å². The number of carbonyl (C=O) groups excluding carboxylic acids is 1. The highest BCUT2D eigenvalue weighted by Gasteiger charge is 2.31. The van der Waals surface area contributed by atoms with Gasteiger partial charge in [-0.25, -0.2) is 4.98 Å². The number of hydrogen-bond donors (Lipinski definition) is 0. The van der Waals surface area contributed by atoms with Gasteiger partial charge in [0.05, 0.1) is 5.56 Å². The van der Waals surface area contributed by atoms with Gasteiger partial charge < -0.3 is 14.2 Å². The Morgan fingerprint density at radius 1 is 1.03 bits per heavy atom. The van der Waals surface area contributed by atoms with Crippen molar-refractivity contribution in [2.24, 2.45) is 0 Å². The van der Waals surface area contributed by atoms with Gasteiger partial charge in [-0.3, -0.25) is 4.79 Å². The molecule has 0 unspecified atom stereocenters. The lowest BCUT2D eigenvalue weighted by Gasteiger charge is -2.35. The number of anilines is 1. The summed E-state index contributed by atoms with van der Waals surface area (Å²) in [5, 5.41) is 0. The van der Waals surface area contributed by atoms with Gasteiger partial charge in [-0.2, -0.15) is 13.2 Å². The predicted molar refractivity (Wildman–Crippen MR) is 109 cm³/mol. The second-order valence-electron chi connectivity index (χ2n) is 6.86. The molecule has 0 radical (unpaired) electrons. The fourth-order valence-corrected chi connectivity index (χ4v) is 3.54. The van der Waals surface area contributed by atoms with Crippen molar-refractivity contribution in [2.45, 2.75) is 6.18 Å². The summed E-state index contributed by atoms with van der Waals surface area (Å²) in [6.45, 7) is 2.25. The number of aromatic nitrogens is 1. The number of benzene rings is 1. The first-order chi connectivity index (χ1) is 14.3. The van der Waals surface area contributed by atoms with E-state index in [1.54, 1.807) is 11.1 Å². The minimum absolute atomic E-state index is 0.109. The minimum Gasteiger partial charge on any atom is -0.451 e. The first-order valence-electron chi connectivity index (χ1n) is 9.24. The second-order valence-corrected chi connectivity index (χ2v) is 7.77. The fraction of sp³-hybridized carbons (Fsp3) is 0.238. The third-order valence-corrected chi connectivity index (χ3v) is 5.36. The Kier molecular flexibility index (Phi) is 5.55. The molecule has 1 aliphatic heterocycles. The van der Waals surface area contributed by atoms with Crippen molar-refractivity contribution < 1.29 is 22.4 Å². The summed E-state index contributed by atoms with van der Waals surface area (Å²) in [6, 6.07) is 11.7. The maximum atomic E-state index is 12.9. The van der Waals surface area contributed by atoms with Crippen molar-refractivity contribution in [3.8, 4) is 11.3 Å². The van der Waals surface area contributed by atoms with Gasteiger partial charge in [0.2, 0.25) is 0 Å². The Labute approximate surface area is 179 Å². The highest BCUT2D eigenvalue weighted by atomic mass is 79.9. The van der Waals surface area contributed by atoms with Gasteiger partial charge in [0.15, 0.2) is 5.76 Å². The van der Waals surface area contributed by atoms with Crippen LogP contribution in [0, 0.1) is 0 Å². The van der Waals surface area contributed by atoms with Gasteiger partial charge >= 0.3 is 6.18 Å². The van der Waals surface area contributed by atoms with Crippen LogP contribution < -0.4 is 4.90 Å². The van der Waals surface area contributed by atoms with Crippen molar-refractivity contribution >= 4 is 27.7 Å². The molecule has 0 saturated carbocycles. The first kappa shape index (κ1) is 20.5. The van der Waals surface area contributed by atoms with Crippen molar-refractivity contribution in [3.05, 3.63) is 70.5 Å². The summed E-state index contributed by atoms with van der Waals surface area (Å²) in [5.41, 5.74) is -0.489. The molecule has 1 saturated heterocycles. The maximum Gasteiger partial charge on any atom is 0.416 e. The maximum absolute atomic E-state index is 12.9. The lowest BCUT2D eigenvalue weighted by atomic mass is 10.1. The van der Waals surface area contributed by atoms with Crippen LogP contribution in [0.1, 0.15) is 16.1 Å². The van der Waals surface area contributed by atoms with Gasteiger partial charge in [-0.05, 0) is 52.3 Å². The van der Waals surface area contributed by atoms with Gasteiger partial charge in [0.25, 0.3) is 5.91 Å². The molecule has 3 aromatic rings. The van der Waals surface area contributed by atoms with E-state index in [-0.39, 0.29) is 23.0 Å². The number of rotatable bonds is 3. The second kappa shape index (κ2) is 8.14. The Morgan fingerprint density at radius 2 is 1.80 bits per heavy atom. The number of halogens is 4. The fourth-order valence-electron chi connectivity index (χ4n) is 3.31. The van der Waals surface area contributed by atoms with E-state index in [1.165, 1.54) is 24.3 Å². The third kappa shape index (κ3) is 4.35. The van der Waals surface area contributed by atoms with Crippen LogP contribution in [-0.4, -0.2) is 42.0 Å². The van der Waals surface area contributed by atoms with E-state index in [1.807, 2.05) is 12.1 Å². The third-order valence-electron chi connectivity index (χ3n) is 4.89. The summed E-state index contributed by atoms with van der Waals surface area (Å²) < 4.78 is 45.3. The molecule has 1 fully saturated rings. The molecule has 30 heavy (non-hydrogen) atoms. The molecule has 0 spiro atoms. The Balaban J connectivity index is 1.43. The zero-order valence-electron chi connectivity index (χ0n) is 15.7. The summed E-state index contributed by atoms with van der Waals surface area (Å²) in [4.78, 5) is 20.9. The van der Waals surface area contributed by atoms with Gasteiger partial charge in [0.1, 0.15) is 11.6 Å². The zero-order valence-corrected chi connectivity index (χ0v) is 17.3. The summed E-state index contributed by atoms with van der Waals surface area (Å²) in [7, 11) is 0. The molecule has 2 aromatic heterocycles. The van der Waals surface area contributed by atoms with E-state index in [2.05, 4.69) is 25.8 Å². The smallest absolute Gasteiger partial charge is 0.416 e. The number of nitrogens with zero attached hydrogens (tertiary/aromatic N) is 3. The summed E-state index contributed by atoms with van der Waals surface area (Å²) >= 11 is 3.36. The number of alkyl halides is 3. The molecule has 5 nitrogen and oxygen atoms in total. The highest BCUT2D eigenvalue weighted by molar-refractivity contribution is 9.10. The first-order valence-corrected chi connectivity index (χ1v) is 10.0. The molecule has 0 aliphatic carbocycles. The number of piperazine rings is 1. The Morgan fingerprint density at radius 3 is 2.47 bits per heavy atom. The Hall–Kier alpha value is -2.81. The van der Waals surface area contributed by atoms with E-state index < -0.39 is 11.7 Å². The van der Waals surface area contributed by atoms with E-state index in [9.17, 15) is 18.0 Å². The molecule has 1 aromatic carbocycles. The predicted octanol–water partition coefficient (Wildman–Crippen LogP) is 5.09. The summed E-state index contributed by atoms with van der Waals surface area (Å²) in [5.74, 6) is 0.895. The van der Waals surface area contributed by atoms with E-state index in [0.29, 0.717) is 26.2 Å². The molecule has 3 heterocycles. The van der Waals surface area contributed by atoms with Crippen LogP contribution in [0.15, 0.2) is 63.6 Å². The summed E-state index contributed by atoms with van der Waals surface area (Å²) in [6.07, 6.45) is -2.71. The monoisotopic (exact) mass is 479 g/mol.